The van der Waals surface area contributed by atoms with E-state index in [9.17, 15) is 0 Å². The number of hydrogen-bond donors (Lipinski definition) is 3. The molecule has 0 aliphatic carbocycles. The van der Waals surface area contributed by atoms with E-state index in [-0.39, 0.29) is 0 Å². The third-order valence-electron chi connectivity index (χ3n) is 3.21. The molecule has 0 spiro atoms. The van der Waals surface area contributed by atoms with Gasteiger partial charge in [0, 0.05) is 45.0 Å². The summed E-state index contributed by atoms with van der Waals surface area (Å²) in [6.07, 6.45) is 0.371. The fourth-order valence-electron chi connectivity index (χ4n) is 2.00. The third-order valence-corrected chi connectivity index (χ3v) is 3.21. The number of aryl methyl sites for hydroxylation is 2. The van der Waals surface area contributed by atoms with Crippen molar-refractivity contribution < 1.29 is 0 Å². The number of amidine groups is 2. The third kappa shape index (κ3) is 3.54. The number of nitrogens with one attached hydrogen (secondary N) is 2. The van der Waals surface area contributed by atoms with Gasteiger partial charge in [-0.2, -0.15) is 5.10 Å². The predicted octanol–water partition coefficient (Wildman–Crippen LogP) is -0.0102. The molecule has 4 N–H and O–H groups in total. The Morgan fingerprint density at radius 2 is 2.21 bits per heavy atom. The van der Waals surface area contributed by atoms with Gasteiger partial charge in [0.25, 0.3) is 0 Å². The molecule has 2 heterocycles. The van der Waals surface area contributed by atoms with Crippen LogP contribution in [0, 0.1) is 12.3 Å². The number of aromatic nitrogens is 2. The highest BCUT2D eigenvalue weighted by molar-refractivity contribution is 6.01. The summed E-state index contributed by atoms with van der Waals surface area (Å²) in [4.78, 5) is 6.29. The van der Waals surface area contributed by atoms with Crippen molar-refractivity contribution in [3.63, 3.8) is 0 Å². The normalized spacial score (nSPS) is 16.7. The van der Waals surface area contributed by atoms with Crippen molar-refractivity contribution in [3.8, 4) is 0 Å². The van der Waals surface area contributed by atoms with Crippen molar-refractivity contribution in [3.05, 3.63) is 11.8 Å². The van der Waals surface area contributed by atoms with Crippen molar-refractivity contribution in [2.24, 2.45) is 17.8 Å². The summed E-state index contributed by atoms with van der Waals surface area (Å²) < 4.78 is 1.76. The minimum absolute atomic E-state index is 0.371. The number of piperazine rings is 1. The first-order valence-electron chi connectivity index (χ1n) is 6.43. The van der Waals surface area contributed by atoms with Gasteiger partial charge < -0.3 is 16.0 Å². The van der Waals surface area contributed by atoms with Crippen LogP contribution in [0.3, 0.4) is 0 Å². The van der Waals surface area contributed by atoms with Crippen molar-refractivity contribution >= 4 is 17.5 Å². The molecule has 0 aromatic carbocycles. The molecule has 0 atom stereocenters. The Hall–Kier alpha value is -1.89. The lowest BCUT2D eigenvalue weighted by Gasteiger charge is -2.29. The first-order chi connectivity index (χ1) is 9.06. The molecule has 0 bridgehead atoms. The molecule has 0 amide bonds. The Morgan fingerprint density at radius 1 is 1.53 bits per heavy atom. The maximum absolute atomic E-state index is 8.04. The van der Waals surface area contributed by atoms with Crippen LogP contribution in [-0.4, -0.2) is 52.5 Å². The van der Waals surface area contributed by atoms with Gasteiger partial charge in [0.2, 0.25) is 0 Å². The largest absolute Gasteiger partial charge is 0.387 e. The lowest BCUT2D eigenvalue weighted by molar-refractivity contribution is 0.352. The first-order valence-corrected chi connectivity index (χ1v) is 6.43. The Kier molecular flexibility index (Phi) is 4.16. The van der Waals surface area contributed by atoms with E-state index < -0.39 is 0 Å². The minimum atomic E-state index is 0.371. The number of nitrogens with two attached hydrogens (primary N) is 1. The summed E-state index contributed by atoms with van der Waals surface area (Å²) >= 11 is 0. The highest BCUT2D eigenvalue weighted by Crippen LogP contribution is 2.11. The molecule has 1 aromatic heterocycles. The van der Waals surface area contributed by atoms with Crippen LogP contribution in [0.15, 0.2) is 11.1 Å². The second-order valence-electron chi connectivity index (χ2n) is 4.73. The molecular formula is C12H21N7. The smallest absolute Gasteiger partial charge is 0.175 e. The van der Waals surface area contributed by atoms with E-state index >= 15 is 0 Å². The van der Waals surface area contributed by atoms with Gasteiger partial charge in [-0.05, 0) is 6.92 Å². The second kappa shape index (κ2) is 5.83. The molecule has 0 unspecified atom stereocenters. The van der Waals surface area contributed by atoms with Crippen LogP contribution in [-0.2, 0) is 7.05 Å². The van der Waals surface area contributed by atoms with Crippen LogP contribution in [0.5, 0.6) is 0 Å². The highest BCUT2D eigenvalue weighted by atomic mass is 15.3. The van der Waals surface area contributed by atoms with Crippen LogP contribution in [0.4, 0.5) is 5.82 Å². The second-order valence-corrected chi connectivity index (χ2v) is 4.73. The predicted molar refractivity (Wildman–Crippen MR) is 76.0 cm³/mol. The molecule has 104 valence electrons. The van der Waals surface area contributed by atoms with E-state index in [1.54, 1.807) is 4.68 Å². The topological polar surface area (TPSA) is 95.3 Å². The van der Waals surface area contributed by atoms with Gasteiger partial charge in [-0.25, -0.2) is 4.99 Å². The molecule has 1 saturated heterocycles. The molecule has 0 radical (unpaired) electrons. The number of aliphatic imine (C=N–C) groups is 1. The van der Waals surface area contributed by atoms with E-state index in [0.717, 1.165) is 31.9 Å². The molecule has 7 nitrogen and oxygen atoms in total. The molecular weight excluding hydrogens is 242 g/mol. The summed E-state index contributed by atoms with van der Waals surface area (Å²) in [5.74, 6) is 1.56. The summed E-state index contributed by atoms with van der Waals surface area (Å²) in [7, 11) is 1.87. The Morgan fingerprint density at radius 3 is 2.79 bits per heavy atom. The van der Waals surface area contributed by atoms with E-state index in [4.69, 9.17) is 11.1 Å². The Balaban J connectivity index is 1.95. The van der Waals surface area contributed by atoms with Crippen LogP contribution in [0.2, 0.25) is 0 Å². The van der Waals surface area contributed by atoms with Crippen LogP contribution >= 0.6 is 0 Å². The zero-order valence-electron chi connectivity index (χ0n) is 11.5. The standard InChI is InChI=1S/C12H21N7/c1-9-7-12(17-18(9)2)16-10(13)8-11(14)19-5-3-15-4-6-19/h7,14-15H,3-6,8H2,1-2H3,(H2,13,16,17). The van der Waals surface area contributed by atoms with Gasteiger partial charge in [0.1, 0.15) is 11.7 Å². The van der Waals surface area contributed by atoms with Crippen LogP contribution in [0.25, 0.3) is 0 Å². The summed E-state index contributed by atoms with van der Waals surface area (Å²) in [5.41, 5.74) is 6.92. The first kappa shape index (κ1) is 13.5. The zero-order valence-corrected chi connectivity index (χ0v) is 11.5. The molecule has 1 aliphatic rings. The quantitative estimate of drug-likeness (QED) is 0.528. The summed E-state index contributed by atoms with van der Waals surface area (Å²) in [6, 6.07) is 1.88. The van der Waals surface area contributed by atoms with E-state index in [1.807, 2.05) is 24.9 Å². The van der Waals surface area contributed by atoms with Crippen molar-refractivity contribution in [2.75, 3.05) is 26.2 Å². The number of hydrogen-bond acceptors (Lipinski definition) is 4. The van der Waals surface area contributed by atoms with Crippen molar-refractivity contribution in [1.82, 2.24) is 20.0 Å². The zero-order chi connectivity index (χ0) is 13.8. The molecule has 1 aliphatic heterocycles. The molecule has 19 heavy (non-hydrogen) atoms. The molecule has 1 aromatic rings. The molecule has 2 rings (SSSR count). The Labute approximate surface area is 113 Å². The lowest BCUT2D eigenvalue weighted by Crippen LogP contribution is -2.47. The minimum Gasteiger partial charge on any atom is -0.387 e. The summed E-state index contributed by atoms with van der Waals surface area (Å²) in [5, 5.41) is 15.5. The van der Waals surface area contributed by atoms with Crippen molar-refractivity contribution in [1.29, 1.82) is 5.41 Å². The van der Waals surface area contributed by atoms with E-state index in [2.05, 4.69) is 15.4 Å². The number of nitrogens with zero attached hydrogens (tertiary/aromatic N) is 4. The van der Waals surface area contributed by atoms with E-state index in [1.165, 1.54) is 0 Å². The van der Waals surface area contributed by atoms with Gasteiger partial charge >= 0.3 is 0 Å². The number of rotatable bonds is 3. The van der Waals surface area contributed by atoms with Crippen LogP contribution in [0.1, 0.15) is 12.1 Å². The SMILES string of the molecule is Cc1cc(N=C(N)CC(=N)N2CCNCC2)nn1C. The average Bonchev–Trinajstić information content (AvgIpc) is 2.69. The summed E-state index contributed by atoms with van der Waals surface area (Å²) in [6.45, 7) is 5.51. The van der Waals surface area contributed by atoms with Crippen molar-refractivity contribution in [2.45, 2.75) is 13.3 Å². The van der Waals surface area contributed by atoms with Gasteiger partial charge in [-0.3, -0.25) is 10.1 Å². The molecule has 7 heteroatoms. The monoisotopic (exact) mass is 263 g/mol. The fraction of sp³-hybridized carbons (Fsp3) is 0.583. The van der Waals surface area contributed by atoms with Gasteiger partial charge in [-0.1, -0.05) is 0 Å². The fourth-order valence-corrected chi connectivity index (χ4v) is 2.00. The average molecular weight is 263 g/mol. The molecule has 0 saturated carbocycles. The van der Waals surface area contributed by atoms with Crippen LogP contribution < -0.4 is 11.1 Å². The lowest BCUT2D eigenvalue weighted by atomic mass is 10.3. The molecule has 1 fully saturated rings. The highest BCUT2D eigenvalue weighted by Gasteiger charge is 2.14. The van der Waals surface area contributed by atoms with Gasteiger partial charge in [0.15, 0.2) is 5.82 Å². The Bertz CT molecular complexity index is 463. The van der Waals surface area contributed by atoms with E-state index in [0.29, 0.717) is 23.9 Å². The van der Waals surface area contributed by atoms with Gasteiger partial charge in [-0.15, -0.1) is 0 Å². The maximum atomic E-state index is 8.04. The maximum Gasteiger partial charge on any atom is 0.175 e. The van der Waals surface area contributed by atoms with Gasteiger partial charge in [0.05, 0.1) is 6.42 Å².